The van der Waals surface area contributed by atoms with Crippen LogP contribution in [0, 0.1) is 0 Å². The van der Waals surface area contributed by atoms with E-state index in [0.29, 0.717) is 21.9 Å². The van der Waals surface area contributed by atoms with Crippen molar-refractivity contribution in [1.82, 2.24) is 0 Å². The van der Waals surface area contributed by atoms with Crippen molar-refractivity contribution < 1.29 is 23.8 Å². The van der Waals surface area contributed by atoms with Crippen LogP contribution in [0.1, 0.15) is 33.2 Å². The summed E-state index contributed by atoms with van der Waals surface area (Å²) < 4.78 is 17.2. The molecule has 5 rings (SSSR count). The lowest BCUT2D eigenvalue weighted by Gasteiger charge is -2.22. The highest BCUT2D eigenvalue weighted by Gasteiger charge is 2.29. The minimum atomic E-state index is -0.529. The molecule has 0 fully saturated rings. The molecule has 158 valence electrons. The number of rotatable bonds is 3. The van der Waals surface area contributed by atoms with Crippen molar-refractivity contribution in [2.24, 2.45) is 0 Å². The minimum absolute atomic E-state index is 0.197. The first-order valence-electron chi connectivity index (χ1n) is 10.0. The second-order valence-corrected chi connectivity index (χ2v) is 7.87. The maximum absolute atomic E-state index is 12.8. The summed E-state index contributed by atoms with van der Waals surface area (Å²) in [6.45, 7) is 1.92. The number of halogens is 1. The first-order chi connectivity index (χ1) is 15.5. The van der Waals surface area contributed by atoms with Crippen LogP contribution in [-0.4, -0.2) is 17.9 Å². The molecule has 2 heterocycles. The molecule has 0 bridgehead atoms. The first-order valence-corrected chi connectivity index (χ1v) is 10.4. The van der Waals surface area contributed by atoms with Crippen LogP contribution in [-0.2, 0) is 0 Å². The van der Waals surface area contributed by atoms with Gasteiger partial charge in [0.1, 0.15) is 23.4 Å². The van der Waals surface area contributed by atoms with Crippen LogP contribution in [0.5, 0.6) is 17.2 Å². The molecule has 0 amide bonds. The van der Waals surface area contributed by atoms with Crippen molar-refractivity contribution in [3.63, 3.8) is 0 Å². The summed E-state index contributed by atoms with van der Waals surface area (Å²) >= 11 is 5.85. The summed E-state index contributed by atoms with van der Waals surface area (Å²) in [5, 5.41) is 0.529. The maximum atomic E-state index is 12.8. The molecule has 1 atom stereocenters. The third kappa shape index (κ3) is 3.79. The van der Waals surface area contributed by atoms with Crippen LogP contribution in [0.4, 0.5) is 0 Å². The monoisotopic (exact) mass is 444 g/mol. The van der Waals surface area contributed by atoms with Crippen LogP contribution in [0.15, 0.2) is 84.1 Å². The molecule has 0 saturated carbocycles. The van der Waals surface area contributed by atoms with Gasteiger partial charge >= 0.3 is 5.97 Å². The highest BCUT2D eigenvalue weighted by molar-refractivity contribution is 6.30. The van der Waals surface area contributed by atoms with Gasteiger partial charge in [0.15, 0.2) is 5.76 Å². The van der Waals surface area contributed by atoms with Gasteiger partial charge in [0.25, 0.3) is 0 Å². The summed E-state index contributed by atoms with van der Waals surface area (Å²) in [6.07, 6.45) is 3.45. The molecular formula is C26H17ClO5. The Kier molecular flexibility index (Phi) is 5.04. The molecule has 2 aliphatic heterocycles. The van der Waals surface area contributed by atoms with Crippen molar-refractivity contribution in [2.75, 3.05) is 0 Å². The van der Waals surface area contributed by atoms with Crippen molar-refractivity contribution in [3.8, 4) is 17.2 Å². The lowest BCUT2D eigenvalue weighted by atomic mass is 10.0. The number of esters is 1. The van der Waals surface area contributed by atoms with Gasteiger partial charge in [-0.05, 0) is 67.1 Å². The highest BCUT2D eigenvalue weighted by atomic mass is 35.5. The smallest absolute Gasteiger partial charge is 0.343 e. The predicted molar refractivity (Wildman–Crippen MR) is 120 cm³/mol. The number of hydrogen-bond donors (Lipinski definition) is 0. The molecule has 0 N–H and O–H groups in total. The van der Waals surface area contributed by atoms with E-state index in [1.165, 1.54) is 6.07 Å². The number of benzene rings is 3. The van der Waals surface area contributed by atoms with Crippen LogP contribution >= 0.6 is 11.6 Å². The Morgan fingerprint density at radius 2 is 1.81 bits per heavy atom. The first kappa shape index (κ1) is 20.1. The van der Waals surface area contributed by atoms with E-state index >= 15 is 0 Å². The summed E-state index contributed by atoms with van der Waals surface area (Å²) in [7, 11) is 0. The predicted octanol–water partition coefficient (Wildman–Crippen LogP) is 5.88. The fourth-order valence-corrected chi connectivity index (χ4v) is 3.68. The average molecular weight is 445 g/mol. The van der Waals surface area contributed by atoms with Crippen molar-refractivity contribution in [3.05, 3.63) is 106 Å². The van der Waals surface area contributed by atoms with Crippen LogP contribution < -0.4 is 14.2 Å². The SMILES string of the molecule is CC1Oc2ccccc2C=C1C=C1Oc2cc(OC(=O)c3ccc(Cl)cc3)ccc2C1=O. The standard InChI is InChI=1S/C26H17ClO5/c1-15-18(12-17-4-2-3-5-22(17)30-15)13-24-25(28)21-11-10-20(14-23(21)32-24)31-26(29)16-6-8-19(27)9-7-16/h2-15H,1H3. The molecule has 1 unspecified atom stereocenters. The van der Waals surface area contributed by atoms with Crippen LogP contribution in [0.3, 0.4) is 0 Å². The van der Waals surface area contributed by atoms with E-state index < -0.39 is 5.97 Å². The molecule has 32 heavy (non-hydrogen) atoms. The number of fused-ring (bicyclic) bond motifs is 2. The number of hydrogen-bond acceptors (Lipinski definition) is 5. The van der Waals surface area contributed by atoms with Gasteiger partial charge in [-0.25, -0.2) is 4.79 Å². The van der Waals surface area contributed by atoms with Crippen LogP contribution in [0.2, 0.25) is 5.02 Å². The maximum Gasteiger partial charge on any atom is 0.343 e. The summed E-state index contributed by atoms with van der Waals surface area (Å²) in [5.74, 6) is 0.855. The Bertz CT molecular complexity index is 1300. The zero-order valence-corrected chi connectivity index (χ0v) is 17.8. The molecule has 0 radical (unpaired) electrons. The second-order valence-electron chi connectivity index (χ2n) is 7.44. The van der Waals surface area contributed by atoms with Gasteiger partial charge in [0, 0.05) is 16.7 Å². The summed E-state index contributed by atoms with van der Waals surface area (Å²) in [4.78, 5) is 25.2. The molecular weight excluding hydrogens is 428 g/mol. The number of allylic oxidation sites excluding steroid dienone is 1. The molecule has 0 saturated heterocycles. The zero-order valence-electron chi connectivity index (χ0n) is 17.0. The Morgan fingerprint density at radius 1 is 1.03 bits per heavy atom. The second kappa shape index (κ2) is 8.02. The third-order valence-electron chi connectivity index (χ3n) is 5.24. The fourth-order valence-electron chi connectivity index (χ4n) is 3.56. The van der Waals surface area contributed by atoms with Gasteiger partial charge in [-0.1, -0.05) is 29.8 Å². The van der Waals surface area contributed by atoms with E-state index in [1.54, 1.807) is 42.5 Å². The molecule has 0 aliphatic carbocycles. The number of ether oxygens (including phenoxy) is 3. The van der Waals surface area contributed by atoms with E-state index in [9.17, 15) is 9.59 Å². The van der Waals surface area contributed by atoms with Crippen molar-refractivity contribution in [2.45, 2.75) is 13.0 Å². The van der Waals surface area contributed by atoms with Gasteiger partial charge in [0.2, 0.25) is 5.78 Å². The molecule has 5 nitrogen and oxygen atoms in total. The number of para-hydroxylation sites is 1. The van der Waals surface area contributed by atoms with E-state index in [4.69, 9.17) is 25.8 Å². The van der Waals surface area contributed by atoms with Gasteiger partial charge < -0.3 is 14.2 Å². The number of Topliss-reactive ketones (excluding diaryl/α,β-unsaturated/α-hetero) is 1. The van der Waals surface area contributed by atoms with Crippen LogP contribution in [0.25, 0.3) is 6.08 Å². The number of carbonyl (C=O) groups is 2. The molecule has 3 aromatic rings. The molecule has 0 aromatic heterocycles. The summed E-state index contributed by atoms with van der Waals surface area (Å²) in [6, 6.07) is 18.8. The lowest BCUT2D eigenvalue weighted by Crippen LogP contribution is -2.18. The Balaban J connectivity index is 1.38. The topological polar surface area (TPSA) is 61.8 Å². The Morgan fingerprint density at radius 3 is 2.62 bits per heavy atom. The molecule has 0 spiro atoms. The lowest BCUT2D eigenvalue weighted by molar-refractivity contribution is 0.0734. The van der Waals surface area contributed by atoms with Crippen molar-refractivity contribution in [1.29, 1.82) is 0 Å². The summed E-state index contributed by atoms with van der Waals surface area (Å²) in [5.41, 5.74) is 2.55. The van der Waals surface area contributed by atoms with Crippen molar-refractivity contribution >= 4 is 29.4 Å². The number of ketones is 1. The third-order valence-corrected chi connectivity index (χ3v) is 5.50. The Labute approximate surface area is 189 Å². The van der Waals surface area contributed by atoms with E-state index in [1.807, 2.05) is 37.3 Å². The van der Waals surface area contributed by atoms with Gasteiger partial charge in [-0.2, -0.15) is 0 Å². The van der Waals surface area contributed by atoms with E-state index in [0.717, 1.165) is 16.9 Å². The molecule has 2 aliphatic rings. The van der Waals surface area contributed by atoms with E-state index in [2.05, 4.69) is 0 Å². The minimum Gasteiger partial charge on any atom is -0.485 e. The fraction of sp³-hybridized carbons (Fsp3) is 0.0769. The Hall–Kier alpha value is -3.83. The molecule has 6 heteroatoms. The molecule has 3 aromatic carbocycles. The zero-order chi connectivity index (χ0) is 22.2. The number of carbonyl (C=O) groups excluding carboxylic acids is 2. The quantitative estimate of drug-likeness (QED) is 0.286. The normalized spacial score (nSPS) is 17.7. The van der Waals surface area contributed by atoms with E-state index in [-0.39, 0.29) is 23.4 Å². The van der Waals surface area contributed by atoms with Gasteiger partial charge in [0.05, 0.1) is 11.1 Å². The largest absolute Gasteiger partial charge is 0.485 e. The average Bonchev–Trinajstić information content (AvgIpc) is 3.09. The van der Waals surface area contributed by atoms with Gasteiger partial charge in [-0.15, -0.1) is 0 Å². The van der Waals surface area contributed by atoms with Gasteiger partial charge in [-0.3, -0.25) is 4.79 Å². The highest BCUT2D eigenvalue weighted by Crippen LogP contribution is 2.36.